The Bertz CT molecular complexity index is 411. The van der Waals surface area contributed by atoms with E-state index in [9.17, 15) is 4.79 Å². The quantitative estimate of drug-likeness (QED) is 0.898. The summed E-state index contributed by atoms with van der Waals surface area (Å²) in [4.78, 5) is 15.5. The second-order valence-electron chi connectivity index (χ2n) is 4.54. The van der Waals surface area contributed by atoms with E-state index in [2.05, 4.69) is 10.2 Å². The molecule has 0 bridgehead atoms. The minimum Gasteiger partial charge on any atom is -0.379 e. The van der Waals surface area contributed by atoms with Gasteiger partial charge in [-0.1, -0.05) is 0 Å². The van der Waals surface area contributed by atoms with Crippen LogP contribution in [0.15, 0.2) is 5.38 Å². The zero-order valence-electron chi connectivity index (χ0n) is 11.0. The highest BCUT2D eigenvalue weighted by atomic mass is 32.1. The summed E-state index contributed by atoms with van der Waals surface area (Å²) in [7, 11) is 0. The molecule has 1 aromatic heterocycles. The number of morpholine rings is 1. The Morgan fingerprint density at radius 1 is 1.44 bits per heavy atom. The fourth-order valence-corrected chi connectivity index (χ4v) is 2.85. The van der Waals surface area contributed by atoms with Crippen LogP contribution in [0, 0.1) is 13.8 Å². The second kappa shape index (κ2) is 6.31. The number of ether oxygens (including phenoxy) is 1. The zero-order valence-corrected chi connectivity index (χ0v) is 11.8. The first kappa shape index (κ1) is 13.5. The van der Waals surface area contributed by atoms with Gasteiger partial charge in [0.1, 0.15) is 0 Å². The van der Waals surface area contributed by atoms with Crippen LogP contribution in [0.25, 0.3) is 0 Å². The maximum atomic E-state index is 12.0. The molecule has 2 heterocycles. The summed E-state index contributed by atoms with van der Waals surface area (Å²) in [6.07, 6.45) is 0. The van der Waals surface area contributed by atoms with Gasteiger partial charge in [0.05, 0.1) is 18.8 Å². The number of aryl methyl sites for hydroxylation is 1. The van der Waals surface area contributed by atoms with Gasteiger partial charge in [-0.3, -0.25) is 9.69 Å². The van der Waals surface area contributed by atoms with Crippen molar-refractivity contribution in [3.8, 4) is 0 Å². The number of rotatable bonds is 4. The molecule has 1 saturated heterocycles. The number of hydrogen-bond donors (Lipinski definition) is 1. The van der Waals surface area contributed by atoms with E-state index in [4.69, 9.17) is 4.74 Å². The van der Waals surface area contributed by atoms with Crippen molar-refractivity contribution in [2.45, 2.75) is 13.8 Å². The van der Waals surface area contributed by atoms with Crippen LogP contribution in [0.4, 0.5) is 0 Å². The maximum absolute atomic E-state index is 12.0. The molecule has 1 N–H and O–H groups in total. The number of carbonyl (C=O) groups is 1. The molecule has 1 aliphatic heterocycles. The summed E-state index contributed by atoms with van der Waals surface area (Å²) in [5, 5.41) is 4.92. The Morgan fingerprint density at radius 2 is 2.17 bits per heavy atom. The monoisotopic (exact) mass is 268 g/mol. The zero-order chi connectivity index (χ0) is 13.0. The Labute approximate surface area is 112 Å². The van der Waals surface area contributed by atoms with Gasteiger partial charge in [-0.05, 0) is 19.4 Å². The van der Waals surface area contributed by atoms with Crippen LogP contribution in [0.3, 0.4) is 0 Å². The highest BCUT2D eigenvalue weighted by molar-refractivity contribution is 7.10. The van der Waals surface area contributed by atoms with E-state index >= 15 is 0 Å². The largest absolute Gasteiger partial charge is 0.379 e. The molecule has 0 aliphatic carbocycles. The minimum atomic E-state index is 0.0464. The molecular weight excluding hydrogens is 248 g/mol. The first-order valence-corrected chi connectivity index (χ1v) is 7.19. The average molecular weight is 268 g/mol. The summed E-state index contributed by atoms with van der Waals surface area (Å²) in [5.74, 6) is 0.0464. The van der Waals surface area contributed by atoms with E-state index in [0.29, 0.717) is 6.54 Å². The van der Waals surface area contributed by atoms with Gasteiger partial charge in [-0.25, -0.2) is 0 Å². The number of nitrogens with zero attached hydrogens (tertiary/aromatic N) is 1. The number of carbonyl (C=O) groups excluding carboxylic acids is 1. The molecule has 100 valence electrons. The molecule has 0 atom stereocenters. The van der Waals surface area contributed by atoms with Crippen molar-refractivity contribution in [3.63, 3.8) is 0 Å². The molecule has 0 saturated carbocycles. The smallest absolute Gasteiger partial charge is 0.252 e. The molecular formula is C13H20N2O2S. The average Bonchev–Trinajstić information content (AvgIpc) is 2.71. The Morgan fingerprint density at radius 3 is 2.78 bits per heavy atom. The number of amides is 1. The van der Waals surface area contributed by atoms with Crippen LogP contribution >= 0.6 is 11.3 Å². The highest BCUT2D eigenvalue weighted by Crippen LogP contribution is 2.20. The normalized spacial score (nSPS) is 16.8. The van der Waals surface area contributed by atoms with E-state index in [-0.39, 0.29) is 5.91 Å². The van der Waals surface area contributed by atoms with Gasteiger partial charge in [0.2, 0.25) is 0 Å². The summed E-state index contributed by atoms with van der Waals surface area (Å²) < 4.78 is 5.29. The summed E-state index contributed by atoms with van der Waals surface area (Å²) in [5.41, 5.74) is 1.92. The molecule has 0 spiro atoms. The summed E-state index contributed by atoms with van der Waals surface area (Å²) >= 11 is 1.63. The van der Waals surface area contributed by atoms with Crippen LogP contribution in [-0.4, -0.2) is 50.2 Å². The predicted octanol–water partition coefficient (Wildman–Crippen LogP) is 1.43. The molecule has 0 radical (unpaired) electrons. The van der Waals surface area contributed by atoms with Crippen molar-refractivity contribution in [1.29, 1.82) is 0 Å². The third-order valence-corrected chi connectivity index (χ3v) is 4.36. The molecule has 0 aromatic carbocycles. The number of hydrogen-bond acceptors (Lipinski definition) is 4. The van der Waals surface area contributed by atoms with Crippen LogP contribution in [0.5, 0.6) is 0 Å². The van der Waals surface area contributed by atoms with Crippen LogP contribution in [0.1, 0.15) is 20.8 Å². The Balaban J connectivity index is 1.76. The Hall–Kier alpha value is -0.910. The fraction of sp³-hybridized carbons (Fsp3) is 0.615. The summed E-state index contributed by atoms with van der Waals surface area (Å²) in [6.45, 7) is 9.18. The van der Waals surface area contributed by atoms with Gasteiger partial charge in [0.15, 0.2) is 0 Å². The van der Waals surface area contributed by atoms with E-state index in [0.717, 1.165) is 44.0 Å². The predicted molar refractivity (Wildman–Crippen MR) is 73.4 cm³/mol. The lowest BCUT2D eigenvalue weighted by Gasteiger charge is -2.26. The second-order valence-corrected chi connectivity index (χ2v) is 5.62. The van der Waals surface area contributed by atoms with Gasteiger partial charge in [-0.2, -0.15) is 0 Å². The molecule has 5 heteroatoms. The lowest BCUT2D eigenvalue weighted by atomic mass is 10.1. The molecule has 1 aliphatic rings. The third-order valence-electron chi connectivity index (χ3n) is 3.35. The van der Waals surface area contributed by atoms with Gasteiger partial charge in [-0.15, -0.1) is 11.3 Å². The van der Waals surface area contributed by atoms with E-state index in [1.54, 1.807) is 11.3 Å². The molecule has 0 unspecified atom stereocenters. The molecule has 4 nitrogen and oxygen atoms in total. The molecule has 18 heavy (non-hydrogen) atoms. The first-order chi connectivity index (χ1) is 8.68. The number of thiophene rings is 1. The Kier molecular flexibility index (Phi) is 4.74. The van der Waals surface area contributed by atoms with Crippen LogP contribution in [-0.2, 0) is 4.74 Å². The van der Waals surface area contributed by atoms with E-state index in [1.165, 1.54) is 4.88 Å². The number of nitrogens with one attached hydrogen (secondary N) is 1. The van der Waals surface area contributed by atoms with Gasteiger partial charge in [0, 0.05) is 36.4 Å². The molecule has 2 rings (SSSR count). The van der Waals surface area contributed by atoms with Crippen molar-refractivity contribution >= 4 is 17.2 Å². The SMILES string of the molecule is Cc1scc(C(=O)NCCN2CCOCC2)c1C. The van der Waals surface area contributed by atoms with Gasteiger partial charge >= 0.3 is 0 Å². The van der Waals surface area contributed by atoms with Gasteiger partial charge in [0.25, 0.3) is 5.91 Å². The molecule has 1 amide bonds. The van der Waals surface area contributed by atoms with Crippen molar-refractivity contribution in [1.82, 2.24) is 10.2 Å². The van der Waals surface area contributed by atoms with Crippen molar-refractivity contribution < 1.29 is 9.53 Å². The summed E-state index contributed by atoms with van der Waals surface area (Å²) in [6, 6.07) is 0. The topological polar surface area (TPSA) is 41.6 Å². The van der Waals surface area contributed by atoms with Crippen LogP contribution in [0.2, 0.25) is 0 Å². The van der Waals surface area contributed by atoms with Crippen molar-refractivity contribution in [2.75, 3.05) is 39.4 Å². The minimum absolute atomic E-state index is 0.0464. The highest BCUT2D eigenvalue weighted by Gasteiger charge is 2.13. The lowest BCUT2D eigenvalue weighted by molar-refractivity contribution is 0.0383. The van der Waals surface area contributed by atoms with Crippen molar-refractivity contribution in [2.24, 2.45) is 0 Å². The van der Waals surface area contributed by atoms with E-state index < -0.39 is 0 Å². The maximum Gasteiger partial charge on any atom is 0.252 e. The standard InChI is InChI=1S/C13H20N2O2S/c1-10-11(2)18-9-12(10)13(16)14-3-4-15-5-7-17-8-6-15/h9H,3-8H2,1-2H3,(H,14,16). The molecule has 1 aromatic rings. The van der Waals surface area contributed by atoms with Crippen molar-refractivity contribution in [3.05, 3.63) is 21.4 Å². The third kappa shape index (κ3) is 3.31. The lowest BCUT2D eigenvalue weighted by Crippen LogP contribution is -2.41. The van der Waals surface area contributed by atoms with Gasteiger partial charge < -0.3 is 10.1 Å². The van der Waals surface area contributed by atoms with E-state index in [1.807, 2.05) is 19.2 Å². The molecule has 1 fully saturated rings. The fourth-order valence-electron chi connectivity index (χ4n) is 1.99. The first-order valence-electron chi connectivity index (χ1n) is 6.31. The van der Waals surface area contributed by atoms with Crippen LogP contribution < -0.4 is 5.32 Å².